The van der Waals surface area contributed by atoms with Crippen LogP contribution in [0.3, 0.4) is 0 Å². The van der Waals surface area contributed by atoms with Crippen LogP contribution in [-0.2, 0) is 6.18 Å². The van der Waals surface area contributed by atoms with E-state index in [9.17, 15) is 13.2 Å². The topological polar surface area (TPSA) is 64.7 Å². The van der Waals surface area contributed by atoms with Crippen molar-refractivity contribution in [3.8, 4) is 11.3 Å². The van der Waals surface area contributed by atoms with Crippen LogP contribution in [0.15, 0.2) is 42.6 Å². The van der Waals surface area contributed by atoms with Crippen molar-refractivity contribution in [2.45, 2.75) is 6.18 Å². The molecular weight excluding hydrogens is 281 g/mol. The Kier molecular flexibility index (Phi) is 2.97. The molecule has 0 bridgehead atoms. The maximum atomic E-state index is 12.8. The Morgan fingerprint density at radius 2 is 1.81 bits per heavy atom. The summed E-state index contributed by atoms with van der Waals surface area (Å²) >= 11 is 0. The summed E-state index contributed by atoms with van der Waals surface area (Å²) in [6.07, 6.45) is -3.03. The fourth-order valence-corrected chi connectivity index (χ4v) is 2.06. The zero-order valence-electron chi connectivity index (χ0n) is 10.6. The number of hydrogen-bond acceptors (Lipinski definition) is 4. The number of nitrogens with two attached hydrogens (primary N) is 1. The summed E-state index contributed by atoms with van der Waals surface area (Å²) in [5.41, 5.74) is 6.79. The molecule has 0 unspecified atom stereocenters. The summed E-state index contributed by atoms with van der Waals surface area (Å²) in [4.78, 5) is 11.0. The van der Waals surface area contributed by atoms with Gasteiger partial charge in [-0.05, 0) is 12.1 Å². The monoisotopic (exact) mass is 290 g/mol. The highest BCUT2D eigenvalue weighted by atomic mass is 19.4. The van der Waals surface area contributed by atoms with Gasteiger partial charge in [0.05, 0.1) is 11.2 Å². The van der Waals surface area contributed by atoms with Gasteiger partial charge in [-0.2, -0.15) is 13.2 Å². The Hall–Kier alpha value is -2.70. The summed E-state index contributed by atoms with van der Waals surface area (Å²) in [6.45, 7) is 0. The van der Waals surface area contributed by atoms with E-state index in [1.54, 1.807) is 36.5 Å². The Balaban J connectivity index is 2.26. The number of nitrogens with zero attached hydrogens (tertiary/aromatic N) is 3. The molecule has 4 nitrogen and oxygen atoms in total. The lowest BCUT2D eigenvalue weighted by Gasteiger charge is -2.10. The van der Waals surface area contributed by atoms with Crippen molar-refractivity contribution in [1.82, 2.24) is 15.0 Å². The van der Waals surface area contributed by atoms with Crippen LogP contribution in [0.1, 0.15) is 5.82 Å². The fraction of sp³-hybridized carbons (Fsp3) is 0.0714. The van der Waals surface area contributed by atoms with Gasteiger partial charge < -0.3 is 5.73 Å². The number of halogens is 3. The first-order chi connectivity index (χ1) is 9.95. The van der Waals surface area contributed by atoms with E-state index in [2.05, 4.69) is 15.0 Å². The first-order valence-corrected chi connectivity index (χ1v) is 6.01. The molecule has 0 aliphatic rings. The predicted octanol–water partition coefficient (Wildman–Crippen LogP) is 3.29. The molecule has 7 heteroatoms. The summed E-state index contributed by atoms with van der Waals surface area (Å²) in [5.74, 6) is -1.48. The van der Waals surface area contributed by atoms with Crippen LogP contribution in [0.4, 0.5) is 19.0 Å². The molecule has 1 aromatic carbocycles. The van der Waals surface area contributed by atoms with Crippen LogP contribution in [-0.4, -0.2) is 15.0 Å². The smallest absolute Gasteiger partial charge is 0.384 e. The molecule has 0 amide bonds. The number of anilines is 1. The number of hydrogen-bond donors (Lipinski definition) is 1. The molecule has 3 rings (SSSR count). The fourth-order valence-electron chi connectivity index (χ4n) is 2.06. The van der Waals surface area contributed by atoms with Gasteiger partial charge in [-0.3, -0.25) is 4.98 Å². The highest BCUT2D eigenvalue weighted by Crippen LogP contribution is 2.31. The van der Waals surface area contributed by atoms with Crippen molar-refractivity contribution in [2.24, 2.45) is 0 Å². The van der Waals surface area contributed by atoms with Gasteiger partial charge in [0.2, 0.25) is 5.82 Å². The molecule has 0 spiro atoms. The molecule has 2 heterocycles. The van der Waals surface area contributed by atoms with Gasteiger partial charge in [0.1, 0.15) is 5.82 Å². The Morgan fingerprint density at radius 3 is 2.57 bits per heavy atom. The number of fused-ring (bicyclic) bond motifs is 1. The van der Waals surface area contributed by atoms with E-state index in [1.165, 1.54) is 6.07 Å². The van der Waals surface area contributed by atoms with Gasteiger partial charge >= 0.3 is 6.18 Å². The van der Waals surface area contributed by atoms with Crippen molar-refractivity contribution < 1.29 is 13.2 Å². The molecule has 0 aliphatic heterocycles. The van der Waals surface area contributed by atoms with Gasteiger partial charge in [0.15, 0.2) is 0 Å². The maximum absolute atomic E-state index is 12.8. The van der Waals surface area contributed by atoms with E-state index in [0.717, 1.165) is 0 Å². The largest absolute Gasteiger partial charge is 0.451 e. The molecule has 2 aromatic heterocycles. The quantitative estimate of drug-likeness (QED) is 0.747. The number of aromatic nitrogens is 3. The molecule has 106 valence electrons. The van der Waals surface area contributed by atoms with Crippen molar-refractivity contribution >= 4 is 16.7 Å². The number of pyridine rings is 1. The molecular formula is C14H9F3N4. The van der Waals surface area contributed by atoms with Crippen LogP contribution >= 0.6 is 0 Å². The lowest BCUT2D eigenvalue weighted by atomic mass is 10.1. The molecule has 0 saturated carbocycles. The number of benzene rings is 1. The summed E-state index contributed by atoms with van der Waals surface area (Å²) in [6, 6.07) is 9.94. The van der Waals surface area contributed by atoms with E-state index >= 15 is 0 Å². The average Bonchev–Trinajstić information content (AvgIpc) is 2.45. The van der Waals surface area contributed by atoms with Crippen LogP contribution in [0.2, 0.25) is 0 Å². The van der Waals surface area contributed by atoms with E-state index in [1.807, 2.05) is 0 Å². The third-order valence-corrected chi connectivity index (χ3v) is 2.92. The van der Waals surface area contributed by atoms with Gasteiger partial charge in [0.25, 0.3) is 0 Å². The van der Waals surface area contributed by atoms with Crippen LogP contribution in [0.5, 0.6) is 0 Å². The van der Waals surface area contributed by atoms with Crippen molar-refractivity contribution in [1.29, 1.82) is 0 Å². The molecule has 3 aromatic rings. The molecule has 2 N–H and O–H groups in total. The van der Waals surface area contributed by atoms with E-state index in [0.29, 0.717) is 16.5 Å². The van der Waals surface area contributed by atoms with Gasteiger partial charge in [0, 0.05) is 23.2 Å². The normalized spacial score (nSPS) is 11.8. The molecule has 0 aliphatic carbocycles. The summed E-state index contributed by atoms with van der Waals surface area (Å²) < 4.78 is 38.4. The van der Waals surface area contributed by atoms with E-state index in [-0.39, 0.29) is 11.5 Å². The highest BCUT2D eigenvalue weighted by molar-refractivity contribution is 5.93. The van der Waals surface area contributed by atoms with Crippen molar-refractivity contribution in [2.75, 3.05) is 5.73 Å². The second-order valence-electron chi connectivity index (χ2n) is 4.38. The number of rotatable bonds is 1. The van der Waals surface area contributed by atoms with Crippen LogP contribution in [0, 0.1) is 0 Å². The predicted molar refractivity (Wildman–Crippen MR) is 72.2 cm³/mol. The van der Waals surface area contributed by atoms with Gasteiger partial charge in [-0.1, -0.05) is 18.2 Å². The van der Waals surface area contributed by atoms with E-state index in [4.69, 9.17) is 5.73 Å². The maximum Gasteiger partial charge on any atom is 0.451 e. The third-order valence-electron chi connectivity index (χ3n) is 2.92. The van der Waals surface area contributed by atoms with Crippen molar-refractivity contribution in [3.63, 3.8) is 0 Å². The Bertz CT molecular complexity index is 809. The minimum absolute atomic E-state index is 0.119. The Morgan fingerprint density at radius 1 is 1.00 bits per heavy atom. The SMILES string of the molecule is Nc1cc(-c2cccc3ncccc23)nc(C(F)(F)F)n1. The number of nitrogen functional groups attached to an aromatic ring is 1. The first-order valence-electron chi connectivity index (χ1n) is 6.01. The summed E-state index contributed by atoms with van der Waals surface area (Å²) in [5, 5.41) is 0.700. The standard InChI is InChI=1S/C14H9F3N4/c15-14(16,17)13-20-11(7-12(18)21-13)9-3-1-5-10-8(9)4-2-6-19-10/h1-7H,(H2,18,20,21). The minimum atomic E-state index is -4.65. The lowest BCUT2D eigenvalue weighted by Crippen LogP contribution is -2.13. The minimum Gasteiger partial charge on any atom is -0.384 e. The van der Waals surface area contributed by atoms with E-state index < -0.39 is 12.0 Å². The third kappa shape index (κ3) is 2.49. The highest BCUT2D eigenvalue weighted by Gasteiger charge is 2.35. The Labute approximate surface area is 117 Å². The molecule has 0 radical (unpaired) electrons. The number of alkyl halides is 3. The zero-order chi connectivity index (χ0) is 15.0. The molecule has 0 fully saturated rings. The molecule has 0 atom stereocenters. The zero-order valence-corrected chi connectivity index (χ0v) is 10.6. The van der Waals surface area contributed by atoms with Crippen LogP contribution in [0.25, 0.3) is 22.2 Å². The first kappa shape index (κ1) is 13.3. The van der Waals surface area contributed by atoms with Gasteiger partial charge in [-0.15, -0.1) is 0 Å². The summed E-state index contributed by atoms with van der Waals surface area (Å²) in [7, 11) is 0. The molecule has 21 heavy (non-hydrogen) atoms. The average molecular weight is 290 g/mol. The second-order valence-corrected chi connectivity index (χ2v) is 4.38. The van der Waals surface area contributed by atoms with Crippen molar-refractivity contribution in [3.05, 3.63) is 48.4 Å². The van der Waals surface area contributed by atoms with Crippen LogP contribution < -0.4 is 5.73 Å². The lowest BCUT2D eigenvalue weighted by molar-refractivity contribution is -0.144. The molecule has 0 saturated heterocycles. The van der Waals surface area contributed by atoms with Gasteiger partial charge in [-0.25, -0.2) is 9.97 Å². The second kappa shape index (κ2) is 4.69.